The van der Waals surface area contributed by atoms with Crippen molar-refractivity contribution in [1.29, 1.82) is 0 Å². The van der Waals surface area contributed by atoms with Crippen LogP contribution in [0.5, 0.6) is 5.75 Å². The summed E-state index contributed by atoms with van der Waals surface area (Å²) in [5.74, 6) is 1.63. The smallest absolute Gasteiger partial charge is 0.233 e. The second kappa shape index (κ2) is 5.12. The fraction of sp³-hybridized carbons (Fsp3) is 0.588. The molecule has 0 aromatic heterocycles. The lowest BCUT2D eigenvalue weighted by Gasteiger charge is -2.34. The summed E-state index contributed by atoms with van der Waals surface area (Å²) in [5, 5.41) is 0. The summed E-state index contributed by atoms with van der Waals surface area (Å²) >= 11 is 0. The van der Waals surface area contributed by atoms with Gasteiger partial charge in [0.05, 0.1) is 12.5 Å². The molecule has 3 nitrogen and oxygen atoms in total. The van der Waals surface area contributed by atoms with Gasteiger partial charge < -0.3 is 9.64 Å². The molecule has 1 aromatic carbocycles. The highest BCUT2D eigenvalue weighted by Gasteiger charge is 2.52. The third-order valence-corrected chi connectivity index (χ3v) is 5.20. The summed E-state index contributed by atoms with van der Waals surface area (Å²) in [6.45, 7) is 3.10. The van der Waals surface area contributed by atoms with Gasteiger partial charge in [0, 0.05) is 12.2 Å². The molecule has 1 heterocycles. The lowest BCUT2D eigenvalue weighted by molar-refractivity contribution is -0.128. The Hall–Kier alpha value is -1.51. The van der Waals surface area contributed by atoms with Gasteiger partial charge in [-0.2, -0.15) is 0 Å². The van der Waals surface area contributed by atoms with Gasteiger partial charge in [-0.3, -0.25) is 4.79 Å². The Kier molecular flexibility index (Phi) is 3.45. The van der Waals surface area contributed by atoms with Gasteiger partial charge in [-0.05, 0) is 43.0 Å². The van der Waals surface area contributed by atoms with Gasteiger partial charge >= 0.3 is 0 Å². The van der Waals surface area contributed by atoms with E-state index < -0.39 is 0 Å². The van der Waals surface area contributed by atoms with Crippen molar-refractivity contribution < 1.29 is 9.53 Å². The predicted molar refractivity (Wildman–Crippen MR) is 80.0 cm³/mol. The maximum absolute atomic E-state index is 12.9. The van der Waals surface area contributed by atoms with Crippen molar-refractivity contribution in [3.05, 3.63) is 24.3 Å². The summed E-state index contributed by atoms with van der Waals surface area (Å²) in [6, 6.07) is 7.84. The Morgan fingerprint density at radius 3 is 2.40 bits per heavy atom. The second-order valence-electron chi connectivity index (χ2n) is 6.23. The van der Waals surface area contributed by atoms with E-state index in [0.29, 0.717) is 11.8 Å². The number of carbonyl (C=O) groups excluding carboxylic acids is 1. The van der Waals surface area contributed by atoms with E-state index in [4.69, 9.17) is 4.74 Å². The van der Waals surface area contributed by atoms with Crippen LogP contribution in [0.3, 0.4) is 0 Å². The highest BCUT2D eigenvalue weighted by molar-refractivity contribution is 6.00. The van der Waals surface area contributed by atoms with Crippen LogP contribution in [0.25, 0.3) is 0 Å². The van der Waals surface area contributed by atoms with Gasteiger partial charge in [-0.15, -0.1) is 0 Å². The minimum absolute atomic E-state index is 0.0851. The Balaban J connectivity index is 1.86. The minimum Gasteiger partial charge on any atom is -0.497 e. The van der Waals surface area contributed by atoms with E-state index in [1.54, 1.807) is 7.11 Å². The van der Waals surface area contributed by atoms with Crippen molar-refractivity contribution in [2.45, 2.75) is 39.0 Å². The normalized spacial score (nSPS) is 25.2. The van der Waals surface area contributed by atoms with Gasteiger partial charge in [0.2, 0.25) is 5.91 Å². The zero-order valence-corrected chi connectivity index (χ0v) is 12.4. The number of ether oxygens (including phenoxy) is 1. The molecule has 1 saturated heterocycles. The summed E-state index contributed by atoms with van der Waals surface area (Å²) in [7, 11) is 1.66. The zero-order chi connectivity index (χ0) is 14.2. The highest BCUT2D eigenvalue weighted by atomic mass is 16.5. The molecule has 1 aromatic rings. The summed E-state index contributed by atoms with van der Waals surface area (Å²) < 4.78 is 5.19. The van der Waals surface area contributed by atoms with Crippen molar-refractivity contribution in [1.82, 2.24) is 0 Å². The van der Waals surface area contributed by atoms with E-state index in [1.807, 2.05) is 29.2 Å². The van der Waals surface area contributed by atoms with E-state index in [9.17, 15) is 4.79 Å². The van der Waals surface area contributed by atoms with Gasteiger partial charge in [0.25, 0.3) is 0 Å². The first-order valence-corrected chi connectivity index (χ1v) is 7.63. The lowest BCUT2D eigenvalue weighted by atomic mass is 9.68. The van der Waals surface area contributed by atoms with E-state index in [2.05, 4.69) is 6.92 Å². The third-order valence-electron chi connectivity index (χ3n) is 5.20. The van der Waals surface area contributed by atoms with Crippen molar-refractivity contribution in [2.24, 2.45) is 11.3 Å². The van der Waals surface area contributed by atoms with Crippen LogP contribution in [0.15, 0.2) is 24.3 Å². The maximum Gasteiger partial charge on any atom is 0.233 e. The van der Waals surface area contributed by atoms with Crippen molar-refractivity contribution in [2.75, 3.05) is 18.6 Å². The van der Waals surface area contributed by atoms with Crippen LogP contribution < -0.4 is 9.64 Å². The number of methoxy groups -OCH3 is 1. The van der Waals surface area contributed by atoms with Gasteiger partial charge in [0.15, 0.2) is 0 Å². The molecule has 1 saturated carbocycles. The summed E-state index contributed by atoms with van der Waals surface area (Å²) in [5.41, 5.74) is 0.920. The zero-order valence-electron chi connectivity index (χ0n) is 12.4. The van der Waals surface area contributed by atoms with Crippen molar-refractivity contribution in [3.8, 4) is 5.75 Å². The Morgan fingerprint density at radius 2 is 1.80 bits per heavy atom. The molecule has 0 radical (unpaired) electrons. The molecule has 0 bridgehead atoms. The standard InChI is InChI=1S/C17H23NO2/c1-13-12-18(14-6-8-15(20-2)9-7-14)16(19)17(13)10-4-3-5-11-17/h6-9,13H,3-5,10-12H2,1-2H3. The average Bonchev–Trinajstić information content (AvgIpc) is 2.74. The number of hydrogen-bond acceptors (Lipinski definition) is 2. The van der Waals surface area contributed by atoms with Crippen molar-refractivity contribution in [3.63, 3.8) is 0 Å². The summed E-state index contributed by atoms with van der Waals surface area (Å²) in [4.78, 5) is 14.9. The number of carbonyl (C=O) groups is 1. The number of benzene rings is 1. The molecule has 1 amide bonds. The van der Waals surface area contributed by atoms with Gasteiger partial charge in [-0.25, -0.2) is 0 Å². The highest BCUT2D eigenvalue weighted by Crippen LogP contribution is 2.49. The number of amides is 1. The first kappa shape index (κ1) is 13.5. The molecule has 1 atom stereocenters. The number of rotatable bonds is 2. The number of hydrogen-bond donors (Lipinski definition) is 0. The summed E-state index contributed by atoms with van der Waals surface area (Å²) in [6.07, 6.45) is 5.82. The van der Waals surface area contributed by atoms with Crippen LogP contribution in [0, 0.1) is 11.3 Å². The lowest BCUT2D eigenvalue weighted by Crippen LogP contribution is -2.37. The van der Waals surface area contributed by atoms with Crippen molar-refractivity contribution >= 4 is 11.6 Å². The first-order chi connectivity index (χ1) is 9.67. The quantitative estimate of drug-likeness (QED) is 0.823. The van der Waals surface area contributed by atoms with E-state index >= 15 is 0 Å². The van der Waals surface area contributed by atoms with E-state index in [1.165, 1.54) is 19.3 Å². The molecule has 1 aliphatic heterocycles. The van der Waals surface area contributed by atoms with Gasteiger partial charge in [-0.1, -0.05) is 26.2 Å². The fourth-order valence-corrected chi connectivity index (χ4v) is 3.89. The van der Waals surface area contributed by atoms with Crippen LogP contribution in [0.4, 0.5) is 5.69 Å². The van der Waals surface area contributed by atoms with Crippen LogP contribution >= 0.6 is 0 Å². The predicted octanol–water partition coefficient (Wildman–Crippen LogP) is 3.63. The Bertz CT molecular complexity index is 488. The monoisotopic (exact) mass is 273 g/mol. The molecule has 3 rings (SSSR count). The number of anilines is 1. The molecule has 108 valence electrons. The Labute approximate surface area is 120 Å². The molecule has 3 heteroatoms. The van der Waals surface area contributed by atoms with Crippen LogP contribution in [0.2, 0.25) is 0 Å². The average molecular weight is 273 g/mol. The SMILES string of the molecule is COc1ccc(N2CC(C)C3(CCCCC3)C2=O)cc1. The topological polar surface area (TPSA) is 29.5 Å². The van der Waals surface area contributed by atoms with Gasteiger partial charge in [0.1, 0.15) is 5.75 Å². The van der Waals surface area contributed by atoms with Crippen LogP contribution in [-0.2, 0) is 4.79 Å². The molecule has 1 aliphatic carbocycles. The van der Waals surface area contributed by atoms with E-state index in [-0.39, 0.29) is 5.41 Å². The Morgan fingerprint density at radius 1 is 1.15 bits per heavy atom. The number of nitrogens with zero attached hydrogens (tertiary/aromatic N) is 1. The van der Waals surface area contributed by atoms with Crippen LogP contribution in [-0.4, -0.2) is 19.6 Å². The van der Waals surface area contributed by atoms with Crippen LogP contribution in [0.1, 0.15) is 39.0 Å². The van der Waals surface area contributed by atoms with E-state index in [0.717, 1.165) is 30.8 Å². The third kappa shape index (κ3) is 2.00. The molecule has 20 heavy (non-hydrogen) atoms. The fourth-order valence-electron chi connectivity index (χ4n) is 3.89. The first-order valence-electron chi connectivity index (χ1n) is 7.63. The maximum atomic E-state index is 12.9. The second-order valence-corrected chi connectivity index (χ2v) is 6.23. The molecule has 0 N–H and O–H groups in total. The molecule has 1 spiro atoms. The minimum atomic E-state index is -0.0851. The molecular weight excluding hydrogens is 250 g/mol. The molecule has 2 aliphatic rings. The molecule has 1 unspecified atom stereocenters. The largest absolute Gasteiger partial charge is 0.497 e. The molecular formula is C17H23NO2. The molecule has 2 fully saturated rings.